The highest BCUT2D eigenvalue weighted by atomic mass is 32.2. The normalized spacial score (nSPS) is 12.1. The third-order valence-electron chi connectivity index (χ3n) is 1.63. The van der Waals surface area contributed by atoms with Gasteiger partial charge in [0.2, 0.25) is 5.88 Å². The minimum Gasteiger partial charge on any atom is -0.493 e. The second-order valence-corrected chi connectivity index (χ2v) is 4.15. The van der Waals surface area contributed by atoms with Gasteiger partial charge in [-0.15, -0.1) is 5.10 Å². The van der Waals surface area contributed by atoms with Gasteiger partial charge in [-0.1, -0.05) is 0 Å². The van der Waals surface area contributed by atoms with E-state index in [2.05, 4.69) is 15.1 Å². The highest BCUT2D eigenvalue weighted by Crippen LogP contribution is 2.13. The molecular formula is C6H6N4O4S. The number of aryl methyl sites for hydroxylation is 1. The minimum atomic E-state index is -4.49. The van der Waals surface area contributed by atoms with Crippen molar-refractivity contribution < 1.29 is 18.1 Å². The quantitative estimate of drug-likeness (QED) is 0.627. The molecule has 0 atom stereocenters. The van der Waals surface area contributed by atoms with Crippen LogP contribution in [0, 0.1) is 6.92 Å². The molecule has 2 aromatic rings. The summed E-state index contributed by atoms with van der Waals surface area (Å²) in [6.07, 6.45) is 0. The van der Waals surface area contributed by atoms with E-state index < -0.39 is 15.3 Å². The summed E-state index contributed by atoms with van der Waals surface area (Å²) in [5.74, 6) is -0.403. The van der Waals surface area contributed by atoms with Gasteiger partial charge in [0, 0.05) is 11.8 Å². The summed E-state index contributed by atoms with van der Waals surface area (Å²) < 4.78 is 30.9. The fraction of sp³-hybridized carbons (Fsp3) is 0.167. The van der Waals surface area contributed by atoms with Crippen molar-refractivity contribution in [1.82, 2.24) is 19.6 Å². The van der Waals surface area contributed by atoms with Crippen LogP contribution in [0.5, 0.6) is 5.88 Å². The van der Waals surface area contributed by atoms with E-state index in [4.69, 9.17) is 4.55 Å². The molecule has 0 spiro atoms. The summed E-state index contributed by atoms with van der Waals surface area (Å²) in [4.78, 5) is 7.27. The van der Waals surface area contributed by atoms with E-state index in [9.17, 15) is 13.5 Å². The first kappa shape index (κ1) is 9.80. The number of rotatable bonds is 1. The van der Waals surface area contributed by atoms with Crippen molar-refractivity contribution in [2.75, 3.05) is 0 Å². The molecule has 2 rings (SSSR count). The van der Waals surface area contributed by atoms with Gasteiger partial charge in [-0.05, 0) is 6.92 Å². The van der Waals surface area contributed by atoms with Crippen molar-refractivity contribution in [1.29, 1.82) is 0 Å². The van der Waals surface area contributed by atoms with Crippen LogP contribution in [0.4, 0.5) is 0 Å². The van der Waals surface area contributed by atoms with Gasteiger partial charge in [0.1, 0.15) is 0 Å². The first-order chi connectivity index (χ1) is 6.88. The van der Waals surface area contributed by atoms with Crippen molar-refractivity contribution in [3.05, 3.63) is 11.8 Å². The standard InChI is InChI=1S/C6H6N4O4S/c1-3-2-4(11)10-5(7-3)8-6(9-10)15(12,13)14/h2,11H,1H3,(H,12,13,14). The van der Waals surface area contributed by atoms with Crippen LogP contribution in [0.2, 0.25) is 0 Å². The fourth-order valence-corrected chi connectivity index (χ4v) is 1.44. The zero-order valence-corrected chi connectivity index (χ0v) is 8.30. The molecule has 15 heavy (non-hydrogen) atoms. The smallest absolute Gasteiger partial charge is 0.332 e. The van der Waals surface area contributed by atoms with Gasteiger partial charge in [0.25, 0.3) is 10.9 Å². The molecule has 2 heterocycles. The van der Waals surface area contributed by atoms with E-state index >= 15 is 0 Å². The summed E-state index contributed by atoms with van der Waals surface area (Å²) in [6, 6.07) is 1.29. The Kier molecular flexibility index (Phi) is 1.88. The van der Waals surface area contributed by atoms with E-state index in [1.165, 1.54) is 6.07 Å². The molecular weight excluding hydrogens is 224 g/mol. The van der Waals surface area contributed by atoms with Crippen LogP contribution in [-0.2, 0) is 10.1 Å². The molecule has 0 aliphatic rings. The first-order valence-corrected chi connectivity index (χ1v) is 5.23. The van der Waals surface area contributed by atoms with E-state index in [1.54, 1.807) is 6.92 Å². The molecule has 0 radical (unpaired) electrons. The summed E-state index contributed by atoms with van der Waals surface area (Å²) >= 11 is 0. The Morgan fingerprint density at radius 2 is 2.07 bits per heavy atom. The lowest BCUT2D eigenvalue weighted by molar-refractivity contribution is 0.431. The van der Waals surface area contributed by atoms with Crippen LogP contribution in [0.3, 0.4) is 0 Å². The van der Waals surface area contributed by atoms with Crippen LogP contribution in [0.1, 0.15) is 5.69 Å². The van der Waals surface area contributed by atoms with Crippen molar-refractivity contribution in [2.45, 2.75) is 12.1 Å². The van der Waals surface area contributed by atoms with Gasteiger partial charge in [-0.3, -0.25) is 4.55 Å². The second-order valence-electron chi connectivity index (χ2n) is 2.84. The van der Waals surface area contributed by atoms with Crippen LogP contribution in [0.25, 0.3) is 5.78 Å². The van der Waals surface area contributed by atoms with Gasteiger partial charge in [0.15, 0.2) is 0 Å². The zero-order valence-electron chi connectivity index (χ0n) is 7.49. The molecule has 2 aromatic heterocycles. The third kappa shape index (κ3) is 1.62. The van der Waals surface area contributed by atoms with E-state index in [0.717, 1.165) is 4.52 Å². The summed E-state index contributed by atoms with van der Waals surface area (Å²) in [5.41, 5.74) is 0.453. The molecule has 0 aromatic carbocycles. The van der Waals surface area contributed by atoms with Crippen molar-refractivity contribution in [3.63, 3.8) is 0 Å². The Balaban J connectivity index is 2.82. The average molecular weight is 230 g/mol. The number of nitrogens with zero attached hydrogens (tertiary/aromatic N) is 4. The van der Waals surface area contributed by atoms with Gasteiger partial charge in [-0.2, -0.15) is 17.9 Å². The number of hydrogen-bond donors (Lipinski definition) is 2. The molecule has 0 unspecified atom stereocenters. The molecule has 0 saturated carbocycles. The monoisotopic (exact) mass is 230 g/mol. The molecule has 8 nitrogen and oxygen atoms in total. The predicted octanol–water partition coefficient (Wildman–Crippen LogP) is -0.615. The molecule has 0 saturated heterocycles. The van der Waals surface area contributed by atoms with Gasteiger partial charge in [0.05, 0.1) is 0 Å². The number of fused-ring (bicyclic) bond motifs is 1. The molecule has 0 aliphatic carbocycles. The van der Waals surface area contributed by atoms with E-state index in [-0.39, 0.29) is 11.7 Å². The Hall–Kier alpha value is -1.74. The minimum absolute atomic E-state index is 0.0971. The summed E-state index contributed by atoms with van der Waals surface area (Å²) in [5, 5.41) is 12.0. The maximum atomic E-state index is 10.7. The van der Waals surface area contributed by atoms with Crippen LogP contribution in [-0.4, -0.2) is 37.7 Å². The molecule has 0 amide bonds. The van der Waals surface area contributed by atoms with Gasteiger partial charge >= 0.3 is 10.1 Å². The van der Waals surface area contributed by atoms with Gasteiger partial charge < -0.3 is 5.11 Å². The summed E-state index contributed by atoms with van der Waals surface area (Å²) in [7, 11) is -4.49. The van der Waals surface area contributed by atoms with Crippen molar-refractivity contribution >= 4 is 15.9 Å². The van der Waals surface area contributed by atoms with Crippen molar-refractivity contribution in [2.24, 2.45) is 0 Å². The third-order valence-corrected chi connectivity index (χ3v) is 2.27. The maximum Gasteiger partial charge on any atom is 0.332 e. The Morgan fingerprint density at radius 3 is 2.67 bits per heavy atom. The zero-order chi connectivity index (χ0) is 11.2. The van der Waals surface area contributed by atoms with E-state index in [1.807, 2.05) is 0 Å². The van der Waals surface area contributed by atoms with Gasteiger partial charge in [-0.25, -0.2) is 4.98 Å². The molecule has 80 valence electrons. The number of hydrogen-bond acceptors (Lipinski definition) is 6. The predicted molar refractivity (Wildman–Crippen MR) is 47.0 cm³/mol. The van der Waals surface area contributed by atoms with Crippen LogP contribution >= 0.6 is 0 Å². The Labute approximate surface area is 84.0 Å². The topological polar surface area (TPSA) is 118 Å². The maximum absolute atomic E-state index is 10.7. The molecule has 9 heteroatoms. The highest BCUT2D eigenvalue weighted by molar-refractivity contribution is 7.85. The first-order valence-electron chi connectivity index (χ1n) is 3.79. The SMILES string of the molecule is Cc1cc(O)n2nc(S(=O)(=O)O)nc2n1. The second kappa shape index (κ2) is 2.87. The molecule has 0 fully saturated rings. The Bertz CT molecular complexity index is 632. The van der Waals surface area contributed by atoms with Crippen LogP contribution in [0.15, 0.2) is 11.2 Å². The number of aromatic hydroxyl groups is 1. The lowest BCUT2D eigenvalue weighted by Gasteiger charge is -1.95. The number of aromatic nitrogens is 4. The Morgan fingerprint density at radius 1 is 1.40 bits per heavy atom. The molecule has 0 aliphatic heterocycles. The average Bonchev–Trinajstić information content (AvgIpc) is 2.46. The molecule has 0 bridgehead atoms. The largest absolute Gasteiger partial charge is 0.493 e. The summed E-state index contributed by atoms with van der Waals surface area (Å²) in [6.45, 7) is 1.60. The van der Waals surface area contributed by atoms with E-state index in [0.29, 0.717) is 5.69 Å². The van der Waals surface area contributed by atoms with Crippen LogP contribution < -0.4 is 0 Å². The fourth-order valence-electron chi connectivity index (χ4n) is 1.06. The lowest BCUT2D eigenvalue weighted by Crippen LogP contribution is -2.00. The molecule has 2 N–H and O–H groups in total. The lowest BCUT2D eigenvalue weighted by atomic mass is 10.4. The van der Waals surface area contributed by atoms with Crippen molar-refractivity contribution in [3.8, 4) is 5.88 Å². The highest BCUT2D eigenvalue weighted by Gasteiger charge is 2.18.